The molecule has 3 aliphatic heterocycles. The van der Waals surface area contributed by atoms with E-state index in [0.717, 1.165) is 12.5 Å². The molecule has 2 aromatic rings. The van der Waals surface area contributed by atoms with E-state index >= 15 is 4.39 Å². The minimum atomic E-state index is -3.11. The average molecular weight is 815 g/mol. The molecule has 13 atom stereocenters. The summed E-state index contributed by atoms with van der Waals surface area (Å²) in [6.07, 6.45) is -1.69. The third kappa shape index (κ3) is 9.24. The zero-order chi connectivity index (χ0) is 42.9. The molecule has 15 nitrogen and oxygen atoms in total. The second-order valence-corrected chi connectivity index (χ2v) is 17.3. The number of carbonyl (C=O) groups is 4. The lowest BCUT2D eigenvalue weighted by molar-refractivity contribution is -0.278. The number of aryl methyl sites for hydroxylation is 1. The third-order valence-electron chi connectivity index (χ3n) is 12.5. The molecule has 16 heteroatoms. The van der Waals surface area contributed by atoms with Crippen LogP contribution in [0.5, 0.6) is 0 Å². The van der Waals surface area contributed by atoms with Gasteiger partial charge in [-0.3, -0.25) is 14.3 Å². The molecule has 0 spiro atoms. The van der Waals surface area contributed by atoms with Gasteiger partial charge in [0, 0.05) is 48.1 Å². The summed E-state index contributed by atoms with van der Waals surface area (Å²) in [5, 5.41) is 19.8. The van der Waals surface area contributed by atoms with Crippen LogP contribution in [0.2, 0.25) is 0 Å². The number of anilines is 1. The molecular weight excluding hydrogens is 751 g/mol. The predicted molar refractivity (Wildman–Crippen MR) is 213 cm³/mol. The molecule has 0 bridgehead atoms. The highest BCUT2D eigenvalue weighted by Gasteiger charge is 2.61. The van der Waals surface area contributed by atoms with Crippen molar-refractivity contribution in [1.82, 2.24) is 24.8 Å². The van der Waals surface area contributed by atoms with E-state index in [-0.39, 0.29) is 37.3 Å². The molecule has 1 aromatic carbocycles. The number of esters is 1. The average Bonchev–Trinajstić information content (AvgIpc) is 3.75. The van der Waals surface area contributed by atoms with Crippen LogP contribution in [0, 0.1) is 23.7 Å². The van der Waals surface area contributed by atoms with Gasteiger partial charge in [-0.2, -0.15) is 0 Å². The van der Waals surface area contributed by atoms with E-state index in [1.807, 2.05) is 50.3 Å². The highest BCUT2D eigenvalue weighted by Crippen LogP contribution is 2.42. The van der Waals surface area contributed by atoms with Crippen LogP contribution >= 0.6 is 0 Å². The number of aromatic nitrogens is 3. The lowest BCUT2D eigenvalue weighted by Gasteiger charge is -2.44. The van der Waals surface area contributed by atoms with Crippen LogP contribution in [0.15, 0.2) is 30.5 Å². The number of carbonyl (C=O) groups excluding carboxylic acids is 4. The van der Waals surface area contributed by atoms with Gasteiger partial charge in [0.2, 0.25) is 0 Å². The van der Waals surface area contributed by atoms with Gasteiger partial charge in [0.25, 0.3) is 5.67 Å². The Kier molecular flexibility index (Phi) is 14.1. The summed E-state index contributed by atoms with van der Waals surface area (Å²) in [6.45, 7) is 13.6. The van der Waals surface area contributed by atoms with E-state index in [0.29, 0.717) is 37.2 Å². The Balaban J connectivity index is 1.41. The summed E-state index contributed by atoms with van der Waals surface area (Å²) >= 11 is 0. The Morgan fingerprint density at radius 1 is 1.03 bits per heavy atom. The van der Waals surface area contributed by atoms with Gasteiger partial charge in [-0.15, -0.1) is 5.10 Å². The molecule has 0 radical (unpaired) electrons. The fourth-order valence-corrected chi connectivity index (χ4v) is 9.27. The predicted octanol–water partition coefficient (Wildman–Crippen LogP) is 4.83. The summed E-state index contributed by atoms with van der Waals surface area (Å²) in [5.74, 6) is -5.83. The fraction of sp³-hybridized carbons (Fsp3) is 0.714. The highest BCUT2D eigenvalue weighted by atomic mass is 19.1. The van der Waals surface area contributed by atoms with Gasteiger partial charge >= 0.3 is 12.1 Å². The number of ether oxygens (including phenoxy) is 4. The van der Waals surface area contributed by atoms with E-state index in [2.05, 4.69) is 10.3 Å². The van der Waals surface area contributed by atoms with Crippen molar-refractivity contribution in [3.8, 4) is 11.3 Å². The standard InChI is InChI=1S/C42H63FN6O9/c1-11-32-42(8)36(49(40(54)58-42)18-13-12-17-48-22-30(45-46-48)28-15-14-16-29(44)21-28)26(5)33(50)23(2)19-24(3)35(27(6)37(52)41(7,43)39(53)56-32)57-38-34(51)31(47(9)10)20-25(4)55-38/h14-16,21-27,31-32,34-36,38,51H,11-13,17-20,44H2,1-10H3/t23-,24+,25-,26+,27-,31+,32-,34-,35+,36-,38+,41+,42-/m1/s1. The zero-order valence-corrected chi connectivity index (χ0v) is 35.6. The number of benzene rings is 1. The second-order valence-electron chi connectivity index (χ2n) is 17.3. The first kappa shape index (κ1) is 45.1. The Bertz CT molecular complexity index is 1790. The Labute approximate surface area is 341 Å². The molecule has 0 saturated carbocycles. The van der Waals surface area contributed by atoms with Crippen LogP contribution in [0.3, 0.4) is 0 Å². The van der Waals surface area contributed by atoms with E-state index in [9.17, 15) is 24.3 Å². The van der Waals surface area contributed by atoms with Crippen molar-refractivity contribution in [2.45, 2.75) is 148 Å². The maximum atomic E-state index is 16.7. The van der Waals surface area contributed by atoms with Crippen LogP contribution in [0.4, 0.5) is 14.9 Å². The van der Waals surface area contributed by atoms with E-state index < -0.39 is 83.4 Å². The van der Waals surface area contributed by atoms with Crippen LogP contribution in [0.1, 0.15) is 87.5 Å². The molecule has 3 saturated heterocycles. The number of aliphatic hydroxyl groups excluding tert-OH is 1. The van der Waals surface area contributed by atoms with Gasteiger partial charge in [-0.1, -0.05) is 52.0 Å². The number of fused-ring (bicyclic) bond motifs is 1. The molecule has 0 aliphatic carbocycles. The van der Waals surface area contributed by atoms with E-state index in [1.165, 1.54) is 11.8 Å². The maximum absolute atomic E-state index is 16.7. The molecule has 3 fully saturated rings. The molecular formula is C42H63FN6O9. The molecule has 322 valence electrons. The monoisotopic (exact) mass is 814 g/mol. The number of nitrogens with zero attached hydrogens (tertiary/aromatic N) is 5. The number of nitrogen functional groups attached to an aromatic ring is 1. The summed E-state index contributed by atoms with van der Waals surface area (Å²) in [6, 6.07) is 6.15. The number of unbranched alkanes of at least 4 members (excludes halogenated alkanes) is 1. The number of hydrogen-bond acceptors (Lipinski definition) is 13. The van der Waals surface area contributed by atoms with Gasteiger partial charge in [0.1, 0.15) is 23.7 Å². The molecule has 5 rings (SSSR count). The fourth-order valence-electron chi connectivity index (χ4n) is 9.27. The molecule has 1 amide bonds. The number of halogens is 1. The first-order valence-corrected chi connectivity index (χ1v) is 20.6. The molecule has 1 aromatic heterocycles. The number of aliphatic hydroxyl groups is 1. The first-order chi connectivity index (χ1) is 27.2. The van der Waals surface area contributed by atoms with Gasteiger partial charge in [-0.25, -0.2) is 14.0 Å². The van der Waals surface area contributed by atoms with E-state index in [4.69, 9.17) is 24.7 Å². The van der Waals surface area contributed by atoms with Crippen molar-refractivity contribution in [2.75, 3.05) is 26.4 Å². The van der Waals surface area contributed by atoms with Crippen LogP contribution in [0.25, 0.3) is 11.3 Å². The summed E-state index contributed by atoms with van der Waals surface area (Å²) in [5.41, 5.74) is 3.39. The van der Waals surface area contributed by atoms with Crippen molar-refractivity contribution in [3.05, 3.63) is 30.5 Å². The number of alkyl halides is 1. The number of ketones is 2. The van der Waals surface area contributed by atoms with Crippen molar-refractivity contribution in [2.24, 2.45) is 23.7 Å². The van der Waals surface area contributed by atoms with Gasteiger partial charge in [0.05, 0.1) is 24.4 Å². The molecule has 58 heavy (non-hydrogen) atoms. The van der Waals surface area contributed by atoms with E-state index in [1.54, 1.807) is 45.4 Å². The highest BCUT2D eigenvalue weighted by molar-refractivity contribution is 6.07. The lowest BCUT2D eigenvalue weighted by atomic mass is 9.74. The topological polar surface area (TPSA) is 189 Å². The van der Waals surface area contributed by atoms with Gasteiger partial charge < -0.3 is 39.6 Å². The van der Waals surface area contributed by atoms with Crippen molar-refractivity contribution in [3.63, 3.8) is 0 Å². The van der Waals surface area contributed by atoms with Crippen LogP contribution < -0.4 is 5.73 Å². The largest absolute Gasteiger partial charge is 0.455 e. The number of cyclic esters (lactones) is 1. The second kappa shape index (κ2) is 18.1. The SMILES string of the molecule is CC[C@H]1OC(=O)[C@@](C)(F)C(=O)[C@H](C)[C@@H](O[C@@H]2O[C@H](C)C[C@H](N(C)C)[C@H]2O)[C@@H](C)C[C@@H](C)C(=O)[C@H](C)[C@H]2N(CCCCn3cc(-c4cccc(N)c4)nn3)C(=O)O[C@]12C. The minimum Gasteiger partial charge on any atom is -0.455 e. The molecule has 0 unspecified atom stereocenters. The minimum absolute atomic E-state index is 0.0999. The molecule has 3 aliphatic rings. The Morgan fingerprint density at radius 3 is 2.38 bits per heavy atom. The van der Waals surface area contributed by atoms with Gasteiger partial charge in [-0.05, 0) is 85.0 Å². The Hall–Kier alpha value is -3.99. The first-order valence-electron chi connectivity index (χ1n) is 20.6. The normalized spacial score (nSPS) is 36.7. The third-order valence-corrected chi connectivity index (χ3v) is 12.5. The number of amides is 1. The quantitative estimate of drug-likeness (QED) is 0.144. The smallest absolute Gasteiger partial charge is 0.410 e. The summed E-state index contributed by atoms with van der Waals surface area (Å²) in [4.78, 5) is 59.5. The number of rotatable bonds is 10. The number of hydrogen-bond donors (Lipinski definition) is 2. The van der Waals surface area contributed by atoms with Crippen molar-refractivity contribution < 1.29 is 47.6 Å². The lowest BCUT2D eigenvalue weighted by Crippen LogP contribution is -2.59. The number of nitrogens with two attached hydrogens (primary N) is 1. The van der Waals surface area contributed by atoms with Gasteiger partial charge in [0.15, 0.2) is 17.7 Å². The van der Waals surface area contributed by atoms with Crippen LogP contribution in [-0.4, -0.2) is 128 Å². The summed E-state index contributed by atoms with van der Waals surface area (Å²) in [7, 11) is 3.68. The molecule has 4 heterocycles. The zero-order valence-electron chi connectivity index (χ0n) is 35.6. The Morgan fingerprint density at radius 2 is 1.72 bits per heavy atom. The maximum Gasteiger partial charge on any atom is 0.410 e. The number of Topliss-reactive ketones (excluding diaryl/α,β-unsaturated/α-hetero) is 2. The van der Waals surface area contributed by atoms with Crippen LogP contribution in [-0.2, 0) is 39.9 Å². The molecule has 3 N–H and O–H groups in total. The van der Waals surface area contributed by atoms with Crippen molar-refractivity contribution in [1.29, 1.82) is 0 Å². The van der Waals surface area contributed by atoms with Crippen molar-refractivity contribution >= 4 is 29.3 Å². The summed E-state index contributed by atoms with van der Waals surface area (Å²) < 4.78 is 42.8. The number of likely N-dealkylation sites (N-methyl/N-ethyl adjacent to an activating group) is 1.